The number of amides is 1. The molecule has 0 bridgehead atoms. The average Bonchev–Trinajstić information content (AvgIpc) is 3.09. The van der Waals surface area contributed by atoms with Crippen molar-refractivity contribution >= 4 is 33.6 Å². The van der Waals surface area contributed by atoms with Crippen molar-refractivity contribution < 1.29 is 18.7 Å². The lowest BCUT2D eigenvalue weighted by Gasteiger charge is -2.09. The molecule has 0 spiro atoms. The maximum absolute atomic E-state index is 12.6. The Morgan fingerprint density at radius 2 is 1.85 bits per heavy atom. The fourth-order valence-corrected chi connectivity index (χ4v) is 2.95. The molecule has 0 saturated carbocycles. The average molecular weight is 362 g/mol. The number of anilines is 1. The Balaban J connectivity index is 1.70. The second-order valence-electron chi connectivity index (χ2n) is 6.21. The number of furan rings is 1. The van der Waals surface area contributed by atoms with Gasteiger partial charge in [0.2, 0.25) is 5.71 Å². The van der Waals surface area contributed by atoms with Crippen molar-refractivity contribution in [3.8, 4) is 11.5 Å². The first kappa shape index (κ1) is 16.9. The van der Waals surface area contributed by atoms with Gasteiger partial charge in [0, 0.05) is 16.8 Å². The lowest BCUT2D eigenvalue weighted by Crippen LogP contribution is -2.11. The van der Waals surface area contributed by atoms with E-state index in [0.29, 0.717) is 22.9 Å². The molecule has 0 aliphatic heterocycles. The first-order valence-corrected chi connectivity index (χ1v) is 8.42. The molecular formula is C21H18N2O4. The van der Waals surface area contributed by atoms with Crippen LogP contribution >= 0.6 is 0 Å². The fourth-order valence-electron chi connectivity index (χ4n) is 2.95. The zero-order valence-corrected chi connectivity index (χ0v) is 15.2. The predicted octanol–water partition coefficient (Wildman–Crippen LogP) is 4.56. The van der Waals surface area contributed by atoms with E-state index in [1.807, 2.05) is 49.4 Å². The molecule has 0 aliphatic carbocycles. The quantitative estimate of drug-likeness (QED) is 0.576. The van der Waals surface area contributed by atoms with Crippen LogP contribution in [0.25, 0.3) is 22.0 Å². The number of fused-ring (bicyclic) bond motifs is 2. The number of rotatable bonds is 4. The summed E-state index contributed by atoms with van der Waals surface area (Å²) < 4.78 is 16.2. The predicted molar refractivity (Wildman–Crippen MR) is 104 cm³/mol. The summed E-state index contributed by atoms with van der Waals surface area (Å²) in [6.45, 7) is 1.94. The number of aryl methyl sites for hydroxylation is 1. The summed E-state index contributed by atoms with van der Waals surface area (Å²) in [5, 5.41) is 4.53. The molecule has 4 rings (SSSR count). The maximum Gasteiger partial charge on any atom is 0.291 e. The molecule has 136 valence electrons. The Kier molecular flexibility index (Phi) is 4.16. The van der Waals surface area contributed by atoms with Crippen LogP contribution < -0.4 is 14.8 Å². The highest BCUT2D eigenvalue weighted by Gasteiger charge is 2.16. The van der Waals surface area contributed by atoms with Crippen LogP contribution in [0.2, 0.25) is 0 Å². The van der Waals surface area contributed by atoms with Crippen molar-refractivity contribution in [3.63, 3.8) is 0 Å². The van der Waals surface area contributed by atoms with E-state index in [1.54, 1.807) is 20.3 Å². The third kappa shape index (κ3) is 3.17. The SMILES string of the molecule is COc1ccc2cc3cc(C(=O)Nc4cc(C)ccc4OC)oc3nc2c1. The summed E-state index contributed by atoms with van der Waals surface area (Å²) in [6.07, 6.45) is 0. The minimum Gasteiger partial charge on any atom is -0.497 e. The zero-order chi connectivity index (χ0) is 19.0. The molecular weight excluding hydrogens is 344 g/mol. The van der Waals surface area contributed by atoms with Crippen LogP contribution in [0.5, 0.6) is 11.5 Å². The normalized spacial score (nSPS) is 10.9. The number of hydrogen-bond acceptors (Lipinski definition) is 5. The van der Waals surface area contributed by atoms with Gasteiger partial charge < -0.3 is 19.2 Å². The number of carbonyl (C=O) groups excluding carboxylic acids is 1. The van der Waals surface area contributed by atoms with Gasteiger partial charge in [0.1, 0.15) is 11.5 Å². The summed E-state index contributed by atoms with van der Waals surface area (Å²) in [4.78, 5) is 17.1. The van der Waals surface area contributed by atoms with Gasteiger partial charge in [-0.1, -0.05) is 6.07 Å². The van der Waals surface area contributed by atoms with Crippen LogP contribution in [0.1, 0.15) is 16.1 Å². The van der Waals surface area contributed by atoms with Crippen molar-refractivity contribution in [2.75, 3.05) is 19.5 Å². The number of methoxy groups -OCH3 is 2. The molecule has 2 aromatic heterocycles. The number of nitrogens with one attached hydrogen (secondary N) is 1. The number of aromatic nitrogens is 1. The Morgan fingerprint density at radius 1 is 1.00 bits per heavy atom. The fraction of sp³-hybridized carbons (Fsp3) is 0.143. The second-order valence-corrected chi connectivity index (χ2v) is 6.21. The summed E-state index contributed by atoms with van der Waals surface area (Å²) >= 11 is 0. The molecule has 1 amide bonds. The Bertz CT molecular complexity index is 1160. The summed E-state index contributed by atoms with van der Waals surface area (Å²) in [5.41, 5.74) is 2.74. The van der Waals surface area contributed by atoms with Crippen LogP contribution in [-0.4, -0.2) is 25.1 Å². The molecule has 2 aromatic carbocycles. The highest BCUT2D eigenvalue weighted by molar-refractivity contribution is 6.06. The van der Waals surface area contributed by atoms with Crippen LogP contribution in [0.3, 0.4) is 0 Å². The van der Waals surface area contributed by atoms with Gasteiger partial charge in [-0.25, -0.2) is 4.98 Å². The summed E-state index contributed by atoms with van der Waals surface area (Å²) in [7, 11) is 3.17. The summed E-state index contributed by atoms with van der Waals surface area (Å²) in [6, 6.07) is 14.8. The largest absolute Gasteiger partial charge is 0.497 e. The molecule has 0 atom stereocenters. The Morgan fingerprint density at radius 3 is 2.63 bits per heavy atom. The number of nitrogens with zero attached hydrogens (tertiary/aromatic N) is 1. The smallest absolute Gasteiger partial charge is 0.291 e. The van der Waals surface area contributed by atoms with Crippen molar-refractivity contribution in [2.24, 2.45) is 0 Å². The van der Waals surface area contributed by atoms with Gasteiger partial charge in [0.05, 0.1) is 25.4 Å². The molecule has 27 heavy (non-hydrogen) atoms. The number of hydrogen-bond donors (Lipinski definition) is 1. The molecule has 0 unspecified atom stereocenters. The summed E-state index contributed by atoms with van der Waals surface area (Å²) in [5.74, 6) is 1.12. The van der Waals surface area contributed by atoms with Crippen molar-refractivity contribution in [1.29, 1.82) is 0 Å². The molecule has 6 nitrogen and oxygen atoms in total. The second kappa shape index (κ2) is 6.64. The Labute approximate surface area is 155 Å². The highest BCUT2D eigenvalue weighted by Crippen LogP contribution is 2.28. The topological polar surface area (TPSA) is 73.6 Å². The molecule has 1 N–H and O–H groups in total. The first-order chi connectivity index (χ1) is 13.1. The van der Waals surface area contributed by atoms with Gasteiger partial charge in [-0.05, 0) is 48.9 Å². The van der Waals surface area contributed by atoms with Crippen LogP contribution in [-0.2, 0) is 0 Å². The first-order valence-electron chi connectivity index (χ1n) is 8.42. The number of pyridine rings is 1. The number of carbonyl (C=O) groups is 1. The minimum atomic E-state index is -0.362. The van der Waals surface area contributed by atoms with E-state index < -0.39 is 0 Å². The van der Waals surface area contributed by atoms with Crippen molar-refractivity contribution in [2.45, 2.75) is 6.92 Å². The molecule has 4 aromatic rings. The zero-order valence-electron chi connectivity index (χ0n) is 15.2. The van der Waals surface area contributed by atoms with E-state index in [4.69, 9.17) is 13.9 Å². The van der Waals surface area contributed by atoms with Crippen LogP contribution in [0.4, 0.5) is 5.69 Å². The molecule has 2 heterocycles. The minimum absolute atomic E-state index is 0.184. The van der Waals surface area contributed by atoms with Gasteiger partial charge in [-0.2, -0.15) is 0 Å². The molecule has 0 fully saturated rings. The number of benzene rings is 2. The standard InChI is InChI=1S/C21H18N2O4/c1-12-4-7-18(26-3)17(8-12)22-20(24)19-10-14-9-13-5-6-15(25-2)11-16(13)23-21(14)27-19/h4-11H,1-3H3,(H,22,24). The van der Waals surface area contributed by atoms with E-state index in [2.05, 4.69) is 10.3 Å². The van der Waals surface area contributed by atoms with E-state index in [0.717, 1.165) is 21.9 Å². The highest BCUT2D eigenvalue weighted by atomic mass is 16.5. The third-order valence-electron chi connectivity index (χ3n) is 4.34. The van der Waals surface area contributed by atoms with E-state index in [1.165, 1.54) is 0 Å². The van der Waals surface area contributed by atoms with E-state index in [-0.39, 0.29) is 11.7 Å². The van der Waals surface area contributed by atoms with E-state index in [9.17, 15) is 4.79 Å². The maximum atomic E-state index is 12.6. The third-order valence-corrected chi connectivity index (χ3v) is 4.34. The van der Waals surface area contributed by atoms with Crippen molar-refractivity contribution in [3.05, 3.63) is 59.9 Å². The van der Waals surface area contributed by atoms with Crippen molar-refractivity contribution in [1.82, 2.24) is 4.98 Å². The van der Waals surface area contributed by atoms with Gasteiger partial charge >= 0.3 is 0 Å². The van der Waals surface area contributed by atoms with E-state index >= 15 is 0 Å². The lowest BCUT2D eigenvalue weighted by atomic mass is 10.2. The molecule has 6 heteroatoms. The molecule has 0 aliphatic rings. The lowest BCUT2D eigenvalue weighted by molar-refractivity contribution is 0.0998. The number of ether oxygens (including phenoxy) is 2. The monoisotopic (exact) mass is 362 g/mol. The van der Waals surface area contributed by atoms with Crippen LogP contribution in [0, 0.1) is 6.92 Å². The van der Waals surface area contributed by atoms with Gasteiger partial charge in [0.15, 0.2) is 5.76 Å². The van der Waals surface area contributed by atoms with Gasteiger partial charge in [0.25, 0.3) is 5.91 Å². The molecule has 0 radical (unpaired) electrons. The van der Waals surface area contributed by atoms with Gasteiger partial charge in [-0.3, -0.25) is 4.79 Å². The molecule has 0 saturated heterocycles. The van der Waals surface area contributed by atoms with Crippen LogP contribution in [0.15, 0.2) is 52.9 Å². The van der Waals surface area contributed by atoms with Gasteiger partial charge in [-0.15, -0.1) is 0 Å². The Hall–Kier alpha value is -3.54.